The summed E-state index contributed by atoms with van der Waals surface area (Å²) < 4.78 is 29.2. The van der Waals surface area contributed by atoms with Gasteiger partial charge in [0.1, 0.15) is 0 Å². The van der Waals surface area contributed by atoms with Crippen molar-refractivity contribution in [2.24, 2.45) is 0 Å². The highest BCUT2D eigenvalue weighted by molar-refractivity contribution is 7.86. The third kappa shape index (κ3) is 16.5. The van der Waals surface area contributed by atoms with Gasteiger partial charge in [-0.1, -0.05) is 114 Å². The van der Waals surface area contributed by atoms with Crippen molar-refractivity contribution in [3.05, 3.63) is 60.4 Å². The number of nitrogens with zero attached hydrogens (tertiary/aromatic N) is 1. The topological polar surface area (TPSA) is 56.3 Å². The van der Waals surface area contributed by atoms with Crippen LogP contribution in [0.5, 0.6) is 0 Å². The molecule has 0 radical (unpaired) electrons. The molecule has 1 heterocycles. The van der Waals surface area contributed by atoms with E-state index < -0.39 is 10.1 Å². The van der Waals surface area contributed by atoms with Gasteiger partial charge in [0, 0.05) is 12.4 Å². The highest BCUT2D eigenvalue weighted by Gasteiger charge is 2.14. The third-order valence-electron chi connectivity index (χ3n) is 5.61. The van der Waals surface area contributed by atoms with Crippen molar-refractivity contribution >= 4 is 10.1 Å². The van der Waals surface area contributed by atoms with Crippen molar-refractivity contribution < 1.29 is 12.6 Å². The average Bonchev–Trinajstić information content (AvgIpc) is 2.83. The summed E-state index contributed by atoms with van der Waals surface area (Å²) >= 11 is 0. The van der Waals surface area contributed by atoms with Crippen LogP contribution in [0.1, 0.15) is 102 Å². The van der Waals surface area contributed by atoms with E-state index in [1.54, 1.807) is 36.7 Å². The molecule has 4 nitrogen and oxygen atoms in total. The molecule has 0 bridgehead atoms. The van der Waals surface area contributed by atoms with Crippen molar-refractivity contribution in [1.82, 2.24) is 4.98 Å². The molecular formula is C28H45NO3S. The molecule has 186 valence electrons. The van der Waals surface area contributed by atoms with E-state index in [2.05, 4.69) is 11.9 Å². The Hall–Kier alpha value is -1.72. The number of rotatable bonds is 17. The summed E-state index contributed by atoms with van der Waals surface area (Å²) in [5.74, 6) is 0. The molecule has 0 aliphatic carbocycles. The van der Waals surface area contributed by atoms with Crippen LogP contribution in [0.3, 0.4) is 0 Å². The van der Waals surface area contributed by atoms with Gasteiger partial charge in [-0.05, 0) is 37.6 Å². The molecule has 0 N–H and O–H groups in total. The van der Waals surface area contributed by atoms with E-state index in [-0.39, 0.29) is 11.5 Å². The Morgan fingerprint density at radius 1 is 0.667 bits per heavy atom. The van der Waals surface area contributed by atoms with E-state index in [1.807, 2.05) is 25.1 Å². The molecule has 1 aromatic carbocycles. The number of unbranched alkanes of at least 4 members (excludes halogenated alkanes) is 13. The number of aryl methyl sites for hydroxylation is 1. The van der Waals surface area contributed by atoms with Crippen LogP contribution in [0.25, 0.3) is 0 Å². The lowest BCUT2D eigenvalue weighted by atomic mass is 10.0. The van der Waals surface area contributed by atoms with Crippen molar-refractivity contribution in [1.29, 1.82) is 0 Å². The maximum Gasteiger partial charge on any atom is 0.296 e. The molecule has 2 aromatic rings. The Bertz CT molecular complexity index is 750. The first-order valence-electron chi connectivity index (χ1n) is 12.9. The smallest absolute Gasteiger partial charge is 0.266 e. The number of aromatic nitrogens is 1. The molecule has 0 spiro atoms. The van der Waals surface area contributed by atoms with Crippen molar-refractivity contribution in [3.8, 4) is 0 Å². The summed E-state index contributed by atoms with van der Waals surface area (Å²) in [6, 6.07) is 12.5. The first-order valence-corrected chi connectivity index (χ1v) is 14.3. The molecular weight excluding hydrogens is 430 g/mol. The lowest BCUT2D eigenvalue weighted by Crippen LogP contribution is -2.07. The molecule has 0 unspecified atom stereocenters. The highest BCUT2D eigenvalue weighted by atomic mass is 32.2. The minimum Gasteiger partial charge on any atom is -0.266 e. The van der Waals surface area contributed by atoms with E-state index in [1.165, 1.54) is 77.0 Å². The highest BCUT2D eigenvalue weighted by Crippen LogP contribution is 2.15. The minimum atomic E-state index is -3.59. The fourth-order valence-electron chi connectivity index (χ4n) is 3.55. The molecule has 0 aliphatic rings. The van der Waals surface area contributed by atoms with E-state index in [9.17, 15) is 8.42 Å². The van der Waals surface area contributed by atoms with Gasteiger partial charge < -0.3 is 0 Å². The summed E-state index contributed by atoms with van der Waals surface area (Å²) in [6.45, 7) is 4.49. The largest absolute Gasteiger partial charge is 0.296 e. The van der Waals surface area contributed by atoms with Crippen LogP contribution in [-0.2, 0) is 14.3 Å². The first kappa shape index (κ1) is 29.3. The molecule has 2 rings (SSSR count). The SMILES string of the molecule is CCCCCCCCCCCCCCCCOS(=O)(=O)c1ccc(C)cc1.c1ccncc1. The summed E-state index contributed by atoms with van der Waals surface area (Å²) in [7, 11) is -3.59. The molecule has 1 aromatic heterocycles. The van der Waals surface area contributed by atoms with E-state index in [4.69, 9.17) is 4.18 Å². The predicted molar refractivity (Wildman–Crippen MR) is 139 cm³/mol. The summed E-state index contributed by atoms with van der Waals surface area (Å²) in [6.07, 6.45) is 21.5. The Kier molecular flexibility index (Phi) is 17.5. The van der Waals surface area contributed by atoms with Gasteiger partial charge in [0.2, 0.25) is 0 Å². The molecule has 0 amide bonds. The Morgan fingerprint density at radius 3 is 1.52 bits per heavy atom. The zero-order chi connectivity index (χ0) is 24.0. The van der Waals surface area contributed by atoms with Crippen molar-refractivity contribution in [2.75, 3.05) is 6.61 Å². The average molecular weight is 476 g/mol. The van der Waals surface area contributed by atoms with Gasteiger partial charge in [0.15, 0.2) is 0 Å². The molecule has 0 saturated heterocycles. The molecule has 33 heavy (non-hydrogen) atoms. The zero-order valence-corrected chi connectivity index (χ0v) is 21.7. The van der Waals surface area contributed by atoms with Gasteiger partial charge in [0.05, 0.1) is 11.5 Å². The van der Waals surface area contributed by atoms with E-state index in [0.29, 0.717) is 0 Å². The van der Waals surface area contributed by atoms with Gasteiger partial charge in [-0.2, -0.15) is 8.42 Å². The number of benzene rings is 1. The van der Waals surface area contributed by atoms with Crippen LogP contribution < -0.4 is 0 Å². The van der Waals surface area contributed by atoms with Gasteiger partial charge in [0.25, 0.3) is 10.1 Å². The Balaban J connectivity index is 0.000000779. The monoisotopic (exact) mass is 475 g/mol. The lowest BCUT2D eigenvalue weighted by Gasteiger charge is -2.06. The van der Waals surface area contributed by atoms with Crippen LogP contribution in [0.15, 0.2) is 59.8 Å². The predicted octanol–water partition coefficient (Wildman–Crippen LogP) is 8.26. The fourth-order valence-corrected chi connectivity index (χ4v) is 4.49. The second kappa shape index (κ2) is 19.7. The van der Waals surface area contributed by atoms with Crippen LogP contribution >= 0.6 is 0 Å². The van der Waals surface area contributed by atoms with Crippen LogP contribution in [0.4, 0.5) is 0 Å². The number of pyridine rings is 1. The van der Waals surface area contributed by atoms with Crippen LogP contribution in [0, 0.1) is 6.92 Å². The van der Waals surface area contributed by atoms with Crippen molar-refractivity contribution in [3.63, 3.8) is 0 Å². The molecule has 5 heteroatoms. The molecule has 0 saturated carbocycles. The maximum absolute atomic E-state index is 12.1. The molecule has 0 fully saturated rings. The van der Waals surface area contributed by atoms with Gasteiger partial charge in [-0.15, -0.1) is 0 Å². The summed E-state index contributed by atoms with van der Waals surface area (Å²) in [4.78, 5) is 4.03. The Labute approximate surface area is 203 Å². The third-order valence-corrected chi connectivity index (χ3v) is 6.94. The Morgan fingerprint density at radius 2 is 1.12 bits per heavy atom. The fraction of sp³-hybridized carbons (Fsp3) is 0.607. The molecule has 0 aliphatic heterocycles. The van der Waals surface area contributed by atoms with Crippen LogP contribution in [0.2, 0.25) is 0 Å². The lowest BCUT2D eigenvalue weighted by molar-refractivity contribution is 0.306. The van der Waals surface area contributed by atoms with E-state index in [0.717, 1.165) is 18.4 Å². The second-order valence-corrected chi connectivity index (χ2v) is 10.3. The van der Waals surface area contributed by atoms with Gasteiger partial charge >= 0.3 is 0 Å². The summed E-state index contributed by atoms with van der Waals surface area (Å²) in [5.41, 5.74) is 1.04. The normalized spacial score (nSPS) is 11.1. The maximum atomic E-state index is 12.1. The number of hydrogen-bond acceptors (Lipinski definition) is 4. The van der Waals surface area contributed by atoms with Gasteiger partial charge in [-0.25, -0.2) is 0 Å². The van der Waals surface area contributed by atoms with Gasteiger partial charge in [-0.3, -0.25) is 9.17 Å². The zero-order valence-electron chi connectivity index (χ0n) is 20.9. The van der Waals surface area contributed by atoms with Crippen molar-refractivity contribution in [2.45, 2.75) is 109 Å². The first-order chi connectivity index (χ1) is 16.1. The standard InChI is InChI=1S/C23H40O3S.C5H5N/c1-3-4-5-6-7-8-9-10-11-12-13-14-15-16-21-26-27(24,25)23-19-17-22(2)18-20-23;1-2-4-6-5-3-1/h17-20H,3-16,21H2,1-2H3;1-5H. The number of hydrogen-bond donors (Lipinski definition) is 0. The molecule has 0 atom stereocenters. The quantitative estimate of drug-likeness (QED) is 0.171. The van der Waals surface area contributed by atoms with E-state index >= 15 is 0 Å². The summed E-state index contributed by atoms with van der Waals surface area (Å²) in [5, 5.41) is 0. The minimum absolute atomic E-state index is 0.249. The second-order valence-electron chi connectivity index (χ2n) is 8.71. The van der Waals surface area contributed by atoms with Crippen LogP contribution in [-0.4, -0.2) is 20.0 Å².